The number of halogens is 2. The van der Waals surface area contributed by atoms with E-state index < -0.39 is 28.4 Å². The molecule has 0 bridgehead atoms. The van der Waals surface area contributed by atoms with Crippen LogP contribution in [0.1, 0.15) is 28.4 Å². The largest absolute Gasteiger partial charge is 0.462 e. The monoisotopic (exact) mass is 534 g/mol. The fraction of sp³-hybridized carbons (Fsp3) is 0.200. The molecule has 0 atom stereocenters. The standard InChI is InChI=1S/C25H24Cl2N2O5S/c1-4-34-25(31)22-14-19(8-12-23(22)27)28-24(30)15-29(20-9-5-16(2)17(3)13-20)35(32,33)21-10-6-18(26)7-11-21/h5-14H,4,15H2,1-3H3,(H,28,30). The molecule has 35 heavy (non-hydrogen) atoms. The molecule has 1 amide bonds. The summed E-state index contributed by atoms with van der Waals surface area (Å²) in [7, 11) is -4.10. The Labute approximate surface area is 214 Å². The second-order valence-electron chi connectivity index (χ2n) is 7.70. The molecule has 1 N–H and O–H groups in total. The number of nitrogens with one attached hydrogen (secondary N) is 1. The summed E-state index contributed by atoms with van der Waals surface area (Å²) in [5, 5.41) is 3.19. The van der Waals surface area contributed by atoms with Crippen LogP contribution in [0.2, 0.25) is 10.0 Å². The molecule has 0 aliphatic heterocycles. The first kappa shape index (κ1) is 26.5. The summed E-state index contributed by atoms with van der Waals surface area (Å²) in [6.45, 7) is 5.09. The quantitative estimate of drug-likeness (QED) is 0.378. The lowest BCUT2D eigenvalue weighted by Gasteiger charge is -2.25. The Kier molecular flexibility index (Phi) is 8.43. The summed E-state index contributed by atoms with van der Waals surface area (Å²) >= 11 is 12.0. The van der Waals surface area contributed by atoms with E-state index in [0.29, 0.717) is 10.7 Å². The summed E-state index contributed by atoms with van der Waals surface area (Å²) in [5.74, 6) is -1.24. The van der Waals surface area contributed by atoms with E-state index in [1.807, 2.05) is 13.8 Å². The first-order valence-electron chi connectivity index (χ1n) is 10.6. The smallest absolute Gasteiger partial charge is 0.339 e. The number of carbonyl (C=O) groups excluding carboxylic acids is 2. The van der Waals surface area contributed by atoms with Gasteiger partial charge in [-0.1, -0.05) is 29.3 Å². The van der Waals surface area contributed by atoms with Crippen molar-refractivity contribution in [2.75, 3.05) is 22.8 Å². The lowest BCUT2D eigenvalue weighted by molar-refractivity contribution is -0.114. The van der Waals surface area contributed by atoms with E-state index in [2.05, 4.69) is 5.32 Å². The van der Waals surface area contributed by atoms with Crippen LogP contribution in [0.3, 0.4) is 0 Å². The summed E-state index contributed by atoms with van der Waals surface area (Å²) in [5.41, 5.74) is 2.55. The molecule has 0 fully saturated rings. The van der Waals surface area contributed by atoms with E-state index in [9.17, 15) is 18.0 Å². The molecule has 10 heteroatoms. The minimum atomic E-state index is -4.10. The van der Waals surface area contributed by atoms with E-state index >= 15 is 0 Å². The molecule has 0 saturated carbocycles. The second-order valence-corrected chi connectivity index (χ2v) is 10.4. The number of aryl methyl sites for hydroxylation is 2. The van der Waals surface area contributed by atoms with Crippen LogP contribution in [-0.2, 0) is 19.6 Å². The highest BCUT2D eigenvalue weighted by atomic mass is 35.5. The predicted octanol–water partition coefficient (Wildman–Crippen LogP) is 5.62. The summed E-state index contributed by atoms with van der Waals surface area (Å²) < 4.78 is 33.0. The average Bonchev–Trinajstić information content (AvgIpc) is 2.81. The van der Waals surface area contributed by atoms with Gasteiger partial charge < -0.3 is 10.1 Å². The fourth-order valence-electron chi connectivity index (χ4n) is 3.23. The van der Waals surface area contributed by atoms with Gasteiger partial charge in [0.1, 0.15) is 6.54 Å². The van der Waals surface area contributed by atoms with Gasteiger partial charge in [-0.25, -0.2) is 13.2 Å². The van der Waals surface area contributed by atoms with Gasteiger partial charge >= 0.3 is 5.97 Å². The molecule has 184 valence electrons. The van der Waals surface area contributed by atoms with Crippen LogP contribution in [0.5, 0.6) is 0 Å². The number of hydrogen-bond donors (Lipinski definition) is 1. The maximum atomic E-state index is 13.5. The Morgan fingerprint density at radius 1 is 0.943 bits per heavy atom. The third-order valence-electron chi connectivity index (χ3n) is 5.21. The number of ether oxygens (including phenoxy) is 1. The molecule has 3 aromatic carbocycles. The summed E-state index contributed by atoms with van der Waals surface area (Å²) in [6, 6.07) is 15.2. The van der Waals surface area contributed by atoms with Crippen molar-refractivity contribution >= 4 is 56.5 Å². The predicted molar refractivity (Wildman–Crippen MR) is 138 cm³/mol. The van der Waals surface area contributed by atoms with Crippen molar-refractivity contribution in [2.24, 2.45) is 0 Å². The molecule has 0 aliphatic rings. The van der Waals surface area contributed by atoms with Crippen molar-refractivity contribution in [3.8, 4) is 0 Å². The van der Waals surface area contributed by atoms with E-state index in [4.69, 9.17) is 27.9 Å². The van der Waals surface area contributed by atoms with Gasteiger partial charge in [-0.05, 0) is 86.5 Å². The van der Waals surface area contributed by atoms with Crippen LogP contribution in [0.4, 0.5) is 11.4 Å². The van der Waals surface area contributed by atoms with Gasteiger partial charge in [0.05, 0.1) is 27.8 Å². The van der Waals surface area contributed by atoms with Gasteiger partial charge in [-0.15, -0.1) is 0 Å². The molecule has 0 heterocycles. The third kappa shape index (κ3) is 6.33. The first-order chi connectivity index (χ1) is 16.5. The van der Waals surface area contributed by atoms with Crippen molar-refractivity contribution in [3.05, 3.63) is 87.4 Å². The molecular weight excluding hydrogens is 511 g/mol. The maximum Gasteiger partial charge on any atom is 0.339 e. The first-order valence-corrected chi connectivity index (χ1v) is 12.8. The molecule has 0 aromatic heterocycles. The number of sulfonamides is 1. The number of nitrogens with zero attached hydrogens (tertiary/aromatic N) is 1. The highest BCUT2D eigenvalue weighted by molar-refractivity contribution is 7.92. The lowest BCUT2D eigenvalue weighted by Crippen LogP contribution is -2.38. The van der Waals surface area contributed by atoms with Crippen LogP contribution < -0.4 is 9.62 Å². The number of hydrogen-bond acceptors (Lipinski definition) is 5. The number of rotatable bonds is 8. The maximum absolute atomic E-state index is 13.5. The Morgan fingerprint density at radius 2 is 1.63 bits per heavy atom. The lowest BCUT2D eigenvalue weighted by atomic mass is 10.1. The number of carbonyl (C=O) groups is 2. The Bertz CT molecular complexity index is 1360. The van der Waals surface area contributed by atoms with E-state index in [1.54, 1.807) is 25.1 Å². The average molecular weight is 535 g/mol. The molecule has 3 aromatic rings. The zero-order valence-corrected chi connectivity index (χ0v) is 21.7. The molecule has 0 unspecified atom stereocenters. The van der Waals surface area contributed by atoms with Crippen LogP contribution in [0, 0.1) is 13.8 Å². The Morgan fingerprint density at radius 3 is 2.26 bits per heavy atom. The van der Waals surface area contributed by atoms with Crippen molar-refractivity contribution in [1.29, 1.82) is 0 Å². The van der Waals surface area contributed by atoms with Gasteiger partial charge in [0, 0.05) is 10.7 Å². The second kappa shape index (κ2) is 11.1. The zero-order valence-electron chi connectivity index (χ0n) is 19.3. The van der Waals surface area contributed by atoms with E-state index in [0.717, 1.165) is 15.4 Å². The molecule has 0 radical (unpaired) electrons. The number of benzene rings is 3. The molecule has 0 saturated heterocycles. The van der Waals surface area contributed by atoms with Crippen LogP contribution in [0.15, 0.2) is 65.6 Å². The summed E-state index contributed by atoms with van der Waals surface area (Å²) in [4.78, 5) is 25.1. The summed E-state index contributed by atoms with van der Waals surface area (Å²) in [6.07, 6.45) is 0. The number of esters is 1. The topological polar surface area (TPSA) is 92.8 Å². The van der Waals surface area contributed by atoms with Crippen LogP contribution in [-0.4, -0.2) is 33.4 Å². The zero-order chi connectivity index (χ0) is 25.8. The van der Waals surface area contributed by atoms with E-state index in [-0.39, 0.29) is 27.8 Å². The molecule has 7 nitrogen and oxygen atoms in total. The van der Waals surface area contributed by atoms with Gasteiger partial charge in [0.25, 0.3) is 10.0 Å². The normalized spacial score (nSPS) is 11.1. The highest BCUT2D eigenvalue weighted by Gasteiger charge is 2.28. The molecule has 0 spiro atoms. The Hall–Kier alpha value is -3.07. The highest BCUT2D eigenvalue weighted by Crippen LogP contribution is 2.27. The van der Waals surface area contributed by atoms with Crippen molar-refractivity contribution in [1.82, 2.24) is 0 Å². The number of amides is 1. The van der Waals surface area contributed by atoms with Gasteiger partial charge in [0.2, 0.25) is 5.91 Å². The molecule has 0 aliphatic carbocycles. The molecular formula is C25H24Cl2N2O5S. The van der Waals surface area contributed by atoms with Gasteiger partial charge in [0.15, 0.2) is 0 Å². The van der Waals surface area contributed by atoms with Crippen molar-refractivity contribution in [2.45, 2.75) is 25.7 Å². The minimum absolute atomic E-state index is 0.0102. The fourth-order valence-corrected chi connectivity index (χ4v) is 4.96. The number of anilines is 2. The van der Waals surface area contributed by atoms with E-state index in [1.165, 1.54) is 42.5 Å². The Balaban J connectivity index is 1.94. The van der Waals surface area contributed by atoms with Crippen molar-refractivity contribution < 1.29 is 22.7 Å². The van der Waals surface area contributed by atoms with Crippen LogP contribution in [0.25, 0.3) is 0 Å². The van der Waals surface area contributed by atoms with Gasteiger partial charge in [-0.2, -0.15) is 0 Å². The molecule has 3 rings (SSSR count). The SMILES string of the molecule is CCOC(=O)c1cc(NC(=O)CN(c2ccc(C)c(C)c2)S(=O)(=O)c2ccc(Cl)cc2)ccc1Cl. The minimum Gasteiger partial charge on any atom is -0.462 e. The van der Waals surface area contributed by atoms with Gasteiger partial charge in [-0.3, -0.25) is 9.10 Å². The van der Waals surface area contributed by atoms with Crippen LogP contribution >= 0.6 is 23.2 Å². The third-order valence-corrected chi connectivity index (χ3v) is 7.58. The van der Waals surface area contributed by atoms with Crippen molar-refractivity contribution in [3.63, 3.8) is 0 Å².